The largest absolute Gasteiger partial charge is 0.334 e. The summed E-state index contributed by atoms with van der Waals surface area (Å²) in [4.78, 5) is 4.48. The maximum atomic E-state index is 4.48. The molecule has 2 nitrogen and oxygen atoms in total. The van der Waals surface area contributed by atoms with Crippen molar-refractivity contribution in [2.24, 2.45) is 7.05 Å². The van der Waals surface area contributed by atoms with Crippen molar-refractivity contribution in [2.45, 2.75) is 13.8 Å². The third kappa shape index (κ3) is 2.25. The maximum absolute atomic E-state index is 4.48. The van der Waals surface area contributed by atoms with Crippen molar-refractivity contribution in [1.29, 1.82) is 0 Å². The molecule has 1 aromatic heterocycles. The molecule has 100 valence electrons. The highest BCUT2D eigenvalue weighted by Gasteiger charge is 2.10. The molecule has 3 rings (SSSR count). The Bertz CT molecular complexity index is 733. The van der Waals surface area contributed by atoms with E-state index in [0.717, 1.165) is 5.82 Å². The molecule has 2 aromatic carbocycles. The first-order valence-electron chi connectivity index (χ1n) is 6.80. The van der Waals surface area contributed by atoms with Crippen molar-refractivity contribution in [2.75, 3.05) is 0 Å². The quantitative estimate of drug-likeness (QED) is 0.670. The molecule has 0 aliphatic heterocycles. The summed E-state index contributed by atoms with van der Waals surface area (Å²) in [5.74, 6) is 1.000. The number of imidazole rings is 1. The summed E-state index contributed by atoms with van der Waals surface area (Å²) in [6, 6.07) is 15.1. The molecule has 0 aliphatic carbocycles. The topological polar surface area (TPSA) is 17.8 Å². The van der Waals surface area contributed by atoms with Crippen LogP contribution < -0.4 is 0 Å². The van der Waals surface area contributed by atoms with Crippen LogP contribution in [-0.2, 0) is 7.05 Å². The van der Waals surface area contributed by atoms with Crippen LogP contribution in [0.25, 0.3) is 22.5 Å². The second-order valence-electron chi connectivity index (χ2n) is 5.28. The van der Waals surface area contributed by atoms with Crippen molar-refractivity contribution in [3.63, 3.8) is 0 Å². The highest BCUT2D eigenvalue weighted by Crippen LogP contribution is 2.31. The molecule has 0 unspecified atom stereocenters. The molecule has 0 saturated heterocycles. The number of aromatic nitrogens is 2. The molecule has 0 N–H and O–H groups in total. The van der Waals surface area contributed by atoms with Gasteiger partial charge >= 0.3 is 0 Å². The highest BCUT2D eigenvalue weighted by molar-refractivity contribution is 5.81. The number of hydrogen-bond acceptors (Lipinski definition) is 1. The number of rotatable bonds is 2. The van der Waals surface area contributed by atoms with Gasteiger partial charge in [-0.15, -0.1) is 0 Å². The van der Waals surface area contributed by atoms with Crippen molar-refractivity contribution in [1.82, 2.24) is 9.55 Å². The molecule has 0 bridgehead atoms. The molecule has 0 amide bonds. The van der Waals surface area contributed by atoms with Gasteiger partial charge < -0.3 is 4.57 Å². The van der Waals surface area contributed by atoms with Crippen LogP contribution in [-0.4, -0.2) is 9.55 Å². The van der Waals surface area contributed by atoms with E-state index in [9.17, 15) is 0 Å². The molecule has 1 heterocycles. The lowest BCUT2D eigenvalue weighted by Crippen LogP contribution is -1.94. The molecule has 0 spiro atoms. The van der Waals surface area contributed by atoms with E-state index in [1.165, 1.54) is 27.8 Å². The molecule has 0 saturated carbocycles. The second-order valence-corrected chi connectivity index (χ2v) is 5.28. The first-order chi connectivity index (χ1) is 9.65. The first kappa shape index (κ1) is 12.7. The minimum absolute atomic E-state index is 1.000. The molecule has 3 aromatic rings. The Morgan fingerprint density at radius 1 is 0.900 bits per heavy atom. The SMILES string of the molecule is Cc1cc(C)cc(-c2ccccc2-c2nccn2C)c1. The second kappa shape index (κ2) is 4.97. The van der Waals surface area contributed by atoms with Crippen LogP contribution in [0, 0.1) is 13.8 Å². The molecular weight excluding hydrogens is 244 g/mol. The molecule has 0 aliphatic rings. The van der Waals surface area contributed by atoms with Crippen LogP contribution >= 0.6 is 0 Å². The van der Waals surface area contributed by atoms with Crippen LogP contribution in [0.5, 0.6) is 0 Å². The van der Waals surface area contributed by atoms with Crippen LogP contribution in [0.15, 0.2) is 54.9 Å². The fourth-order valence-electron chi connectivity index (χ4n) is 2.69. The Kier molecular flexibility index (Phi) is 3.15. The van der Waals surface area contributed by atoms with Gasteiger partial charge in [0.2, 0.25) is 0 Å². The lowest BCUT2D eigenvalue weighted by Gasteiger charge is -2.11. The molecule has 2 heteroatoms. The maximum Gasteiger partial charge on any atom is 0.140 e. The average Bonchev–Trinajstić information content (AvgIpc) is 2.84. The third-order valence-electron chi connectivity index (χ3n) is 3.52. The van der Waals surface area contributed by atoms with Crippen LogP contribution in [0.1, 0.15) is 11.1 Å². The van der Waals surface area contributed by atoms with Crippen molar-refractivity contribution >= 4 is 0 Å². The van der Waals surface area contributed by atoms with Gasteiger partial charge in [0.25, 0.3) is 0 Å². The Morgan fingerprint density at radius 3 is 2.15 bits per heavy atom. The summed E-state index contributed by atoms with van der Waals surface area (Å²) in [5.41, 5.74) is 6.23. The van der Waals surface area contributed by atoms with Gasteiger partial charge in [-0.1, -0.05) is 53.6 Å². The van der Waals surface area contributed by atoms with Crippen LogP contribution in [0.2, 0.25) is 0 Å². The molecule has 0 fully saturated rings. The van der Waals surface area contributed by atoms with E-state index in [4.69, 9.17) is 0 Å². The van der Waals surface area contributed by atoms with E-state index in [0.29, 0.717) is 0 Å². The van der Waals surface area contributed by atoms with E-state index in [-0.39, 0.29) is 0 Å². The minimum Gasteiger partial charge on any atom is -0.334 e. The summed E-state index contributed by atoms with van der Waals surface area (Å²) in [5, 5.41) is 0. The van der Waals surface area contributed by atoms with Gasteiger partial charge in [-0.2, -0.15) is 0 Å². The zero-order valence-corrected chi connectivity index (χ0v) is 12.1. The zero-order valence-electron chi connectivity index (χ0n) is 12.1. The Balaban J connectivity index is 2.22. The molecule has 20 heavy (non-hydrogen) atoms. The van der Waals surface area contributed by atoms with Gasteiger partial charge in [0.05, 0.1) is 0 Å². The van der Waals surface area contributed by atoms with Gasteiger partial charge in [-0.3, -0.25) is 0 Å². The lowest BCUT2D eigenvalue weighted by atomic mass is 9.96. The van der Waals surface area contributed by atoms with E-state index >= 15 is 0 Å². The predicted molar refractivity (Wildman–Crippen MR) is 83.6 cm³/mol. The fraction of sp³-hybridized carbons (Fsp3) is 0.167. The molecule has 0 radical (unpaired) electrons. The number of benzene rings is 2. The average molecular weight is 262 g/mol. The Labute approximate surface area is 119 Å². The van der Waals surface area contributed by atoms with Crippen molar-refractivity contribution in [3.05, 3.63) is 66.0 Å². The predicted octanol–water partition coefficient (Wildman–Crippen LogP) is 4.37. The van der Waals surface area contributed by atoms with E-state index < -0.39 is 0 Å². The fourth-order valence-corrected chi connectivity index (χ4v) is 2.69. The van der Waals surface area contributed by atoms with Crippen molar-refractivity contribution < 1.29 is 0 Å². The Hall–Kier alpha value is -2.35. The minimum atomic E-state index is 1.000. The van der Waals surface area contributed by atoms with Crippen molar-refractivity contribution in [3.8, 4) is 22.5 Å². The molecule has 0 atom stereocenters. The summed E-state index contributed by atoms with van der Waals surface area (Å²) >= 11 is 0. The highest BCUT2D eigenvalue weighted by atomic mass is 15.0. The molecular formula is C18H18N2. The first-order valence-corrected chi connectivity index (χ1v) is 6.80. The normalized spacial score (nSPS) is 10.8. The van der Waals surface area contributed by atoms with E-state index in [2.05, 4.69) is 65.9 Å². The van der Waals surface area contributed by atoms with Gasteiger partial charge in [-0.25, -0.2) is 4.98 Å². The smallest absolute Gasteiger partial charge is 0.140 e. The third-order valence-corrected chi connectivity index (χ3v) is 3.52. The van der Waals surface area contributed by atoms with Gasteiger partial charge in [0.15, 0.2) is 0 Å². The summed E-state index contributed by atoms with van der Waals surface area (Å²) in [6.45, 7) is 4.28. The zero-order chi connectivity index (χ0) is 14.1. The van der Waals surface area contributed by atoms with E-state index in [1.807, 2.05) is 19.4 Å². The van der Waals surface area contributed by atoms with E-state index in [1.54, 1.807) is 0 Å². The summed E-state index contributed by atoms with van der Waals surface area (Å²) in [6.07, 6.45) is 3.82. The van der Waals surface area contributed by atoms with Gasteiger partial charge in [0.1, 0.15) is 5.82 Å². The van der Waals surface area contributed by atoms with Gasteiger partial charge in [0, 0.05) is 25.0 Å². The van der Waals surface area contributed by atoms with Crippen LogP contribution in [0.4, 0.5) is 0 Å². The lowest BCUT2D eigenvalue weighted by molar-refractivity contribution is 0.925. The summed E-state index contributed by atoms with van der Waals surface area (Å²) < 4.78 is 2.06. The standard InChI is InChI=1S/C18H18N2/c1-13-10-14(2)12-15(11-13)16-6-4-5-7-17(16)18-19-8-9-20(18)3/h4-12H,1-3H3. The monoisotopic (exact) mass is 262 g/mol. The summed E-state index contributed by atoms with van der Waals surface area (Å²) in [7, 11) is 2.03. The number of hydrogen-bond donors (Lipinski definition) is 0. The Morgan fingerprint density at radius 2 is 1.55 bits per heavy atom. The van der Waals surface area contributed by atoms with Gasteiger partial charge in [-0.05, 0) is 25.0 Å². The number of aryl methyl sites for hydroxylation is 3. The number of nitrogens with zero attached hydrogens (tertiary/aromatic N) is 2. The van der Waals surface area contributed by atoms with Crippen LogP contribution in [0.3, 0.4) is 0 Å².